The van der Waals surface area contributed by atoms with Gasteiger partial charge >= 0.3 is 12.0 Å². The van der Waals surface area contributed by atoms with Crippen molar-refractivity contribution in [2.45, 2.75) is 32.2 Å². The minimum Gasteiger partial charge on any atom is -0.481 e. The Bertz CT molecular complexity index is 430. The molecule has 0 aromatic heterocycles. The van der Waals surface area contributed by atoms with Crippen molar-refractivity contribution in [2.24, 2.45) is 5.92 Å². The second kappa shape index (κ2) is 6.74. The fraction of sp³-hybridized carbons (Fsp3) is 0.818. The number of nitrogens with one attached hydrogen (secondary N) is 2. The molecule has 0 spiro atoms. The van der Waals surface area contributed by atoms with E-state index in [0.717, 1.165) is 12.8 Å². The molecule has 1 atom stereocenters. The van der Waals surface area contributed by atoms with Gasteiger partial charge in [0.2, 0.25) is 0 Å². The third-order valence-corrected chi connectivity index (χ3v) is 4.75. The van der Waals surface area contributed by atoms with Crippen LogP contribution < -0.4 is 10.6 Å². The lowest BCUT2D eigenvalue weighted by molar-refractivity contribution is -0.137. The summed E-state index contributed by atoms with van der Waals surface area (Å²) in [5, 5.41) is 13.8. The van der Waals surface area contributed by atoms with Crippen LogP contribution in [-0.4, -0.2) is 49.6 Å². The van der Waals surface area contributed by atoms with Gasteiger partial charge in [0.25, 0.3) is 0 Å². The van der Waals surface area contributed by atoms with Crippen molar-refractivity contribution >= 4 is 21.8 Å². The van der Waals surface area contributed by atoms with Crippen LogP contribution in [0.25, 0.3) is 0 Å². The molecule has 2 amide bonds. The van der Waals surface area contributed by atoms with Crippen LogP contribution in [-0.2, 0) is 14.6 Å². The van der Waals surface area contributed by atoms with E-state index in [-0.39, 0.29) is 36.4 Å². The van der Waals surface area contributed by atoms with Crippen molar-refractivity contribution in [3.8, 4) is 0 Å². The van der Waals surface area contributed by atoms with Crippen LogP contribution in [0.2, 0.25) is 0 Å². The van der Waals surface area contributed by atoms with Crippen molar-refractivity contribution in [3.05, 3.63) is 0 Å². The van der Waals surface area contributed by atoms with Crippen LogP contribution in [0.4, 0.5) is 4.79 Å². The summed E-state index contributed by atoms with van der Waals surface area (Å²) >= 11 is 0. The maximum atomic E-state index is 11.5. The zero-order valence-corrected chi connectivity index (χ0v) is 11.7. The Morgan fingerprint density at radius 3 is 2.47 bits per heavy atom. The van der Waals surface area contributed by atoms with Gasteiger partial charge < -0.3 is 15.7 Å². The van der Waals surface area contributed by atoms with Gasteiger partial charge in [0.15, 0.2) is 9.84 Å². The first-order chi connectivity index (χ1) is 8.84. The first-order valence-electron chi connectivity index (χ1n) is 6.30. The molecule has 0 saturated heterocycles. The normalized spacial score (nSPS) is 16.7. The molecule has 8 heteroatoms. The van der Waals surface area contributed by atoms with Gasteiger partial charge in [-0.25, -0.2) is 13.2 Å². The fourth-order valence-electron chi connectivity index (χ4n) is 1.71. The minimum atomic E-state index is -3.10. The van der Waals surface area contributed by atoms with Crippen LogP contribution in [0, 0.1) is 5.92 Å². The van der Waals surface area contributed by atoms with Crippen molar-refractivity contribution in [2.75, 3.05) is 18.1 Å². The summed E-state index contributed by atoms with van der Waals surface area (Å²) in [6.45, 7) is 1.58. The number of amides is 2. The number of hydrogen-bond donors (Lipinski definition) is 3. The highest BCUT2D eigenvalue weighted by Gasteiger charge is 2.33. The number of carbonyl (C=O) groups excluding carboxylic acids is 1. The van der Waals surface area contributed by atoms with Gasteiger partial charge in [-0.1, -0.05) is 6.92 Å². The Balaban J connectivity index is 2.31. The van der Waals surface area contributed by atoms with Gasteiger partial charge in [0.1, 0.15) is 0 Å². The first-order valence-corrected chi connectivity index (χ1v) is 8.12. The molecule has 0 bridgehead atoms. The molecule has 110 valence electrons. The molecule has 1 aliphatic rings. The monoisotopic (exact) mass is 292 g/mol. The topological polar surface area (TPSA) is 113 Å². The summed E-state index contributed by atoms with van der Waals surface area (Å²) in [4.78, 5) is 22.2. The first kappa shape index (κ1) is 15.7. The highest BCUT2D eigenvalue weighted by Crippen LogP contribution is 2.33. The lowest BCUT2D eigenvalue weighted by Crippen LogP contribution is -2.45. The summed E-state index contributed by atoms with van der Waals surface area (Å²) < 4.78 is 22.4. The minimum absolute atomic E-state index is 0.0342. The summed E-state index contributed by atoms with van der Waals surface area (Å²) in [5.41, 5.74) is 0. The number of carbonyl (C=O) groups is 2. The SMILES string of the molecule is CCS(=O)(=O)CCNC(=O)NC(CC(=O)O)C1CC1. The van der Waals surface area contributed by atoms with Crippen LogP contribution >= 0.6 is 0 Å². The highest BCUT2D eigenvalue weighted by molar-refractivity contribution is 7.91. The predicted octanol–water partition coefficient (Wildman–Crippen LogP) is -0.0264. The van der Waals surface area contributed by atoms with E-state index >= 15 is 0 Å². The third-order valence-electron chi connectivity index (χ3n) is 3.04. The number of urea groups is 1. The molecule has 1 aliphatic carbocycles. The molecule has 0 aliphatic heterocycles. The number of aliphatic carboxylic acids is 1. The number of sulfone groups is 1. The van der Waals surface area contributed by atoms with E-state index in [1.54, 1.807) is 6.92 Å². The second-order valence-electron chi connectivity index (χ2n) is 4.68. The Morgan fingerprint density at radius 1 is 1.37 bits per heavy atom. The average Bonchev–Trinajstić information content (AvgIpc) is 3.11. The van der Waals surface area contributed by atoms with Crippen molar-refractivity contribution in [3.63, 3.8) is 0 Å². The molecule has 0 radical (unpaired) electrons. The summed E-state index contributed by atoms with van der Waals surface area (Å²) in [6, 6.07) is -0.885. The van der Waals surface area contributed by atoms with Crippen molar-refractivity contribution in [1.29, 1.82) is 0 Å². The van der Waals surface area contributed by atoms with E-state index in [1.165, 1.54) is 0 Å². The number of hydrogen-bond acceptors (Lipinski definition) is 4. The summed E-state index contributed by atoms with van der Waals surface area (Å²) in [7, 11) is -3.10. The molecular weight excluding hydrogens is 272 g/mol. The molecule has 0 aromatic carbocycles. The van der Waals surface area contributed by atoms with E-state index in [0.29, 0.717) is 0 Å². The van der Waals surface area contributed by atoms with Gasteiger partial charge in [-0.15, -0.1) is 0 Å². The van der Waals surface area contributed by atoms with Crippen LogP contribution in [0.15, 0.2) is 0 Å². The Hall–Kier alpha value is -1.31. The molecule has 1 rings (SSSR count). The zero-order chi connectivity index (χ0) is 14.5. The Labute approximate surface area is 112 Å². The van der Waals surface area contributed by atoms with Gasteiger partial charge in [0, 0.05) is 18.3 Å². The quantitative estimate of drug-likeness (QED) is 0.581. The van der Waals surface area contributed by atoms with Gasteiger partial charge in [0.05, 0.1) is 12.2 Å². The lowest BCUT2D eigenvalue weighted by Gasteiger charge is -2.16. The maximum Gasteiger partial charge on any atom is 0.315 e. The van der Waals surface area contributed by atoms with Crippen LogP contribution in [0.5, 0.6) is 0 Å². The van der Waals surface area contributed by atoms with Gasteiger partial charge in [-0.2, -0.15) is 0 Å². The molecule has 7 nitrogen and oxygen atoms in total. The number of carboxylic acid groups (broad SMARTS) is 1. The number of carboxylic acids is 1. The smallest absolute Gasteiger partial charge is 0.315 e. The predicted molar refractivity (Wildman–Crippen MR) is 69.6 cm³/mol. The van der Waals surface area contributed by atoms with E-state index in [4.69, 9.17) is 5.11 Å². The summed E-state index contributed by atoms with van der Waals surface area (Å²) in [5.74, 6) is -0.795. The Morgan fingerprint density at radius 2 is 2.00 bits per heavy atom. The summed E-state index contributed by atoms with van der Waals surface area (Å²) in [6.07, 6.45) is 1.73. The van der Waals surface area contributed by atoms with E-state index < -0.39 is 21.8 Å². The van der Waals surface area contributed by atoms with Gasteiger partial charge in [-0.05, 0) is 18.8 Å². The molecule has 19 heavy (non-hydrogen) atoms. The molecule has 1 fully saturated rings. The van der Waals surface area contributed by atoms with Crippen LogP contribution in [0.1, 0.15) is 26.2 Å². The lowest BCUT2D eigenvalue weighted by atomic mass is 10.1. The Kier molecular flexibility index (Phi) is 5.59. The molecule has 1 saturated carbocycles. The van der Waals surface area contributed by atoms with E-state index in [2.05, 4.69) is 10.6 Å². The zero-order valence-electron chi connectivity index (χ0n) is 10.9. The molecular formula is C11H20N2O5S. The van der Waals surface area contributed by atoms with Crippen molar-refractivity contribution < 1.29 is 23.1 Å². The van der Waals surface area contributed by atoms with E-state index in [9.17, 15) is 18.0 Å². The highest BCUT2D eigenvalue weighted by atomic mass is 32.2. The largest absolute Gasteiger partial charge is 0.481 e. The third kappa shape index (κ3) is 6.42. The fourth-order valence-corrected chi connectivity index (χ4v) is 2.41. The second-order valence-corrected chi connectivity index (χ2v) is 7.15. The van der Waals surface area contributed by atoms with Gasteiger partial charge in [-0.3, -0.25) is 4.79 Å². The molecule has 0 heterocycles. The van der Waals surface area contributed by atoms with Crippen LogP contribution in [0.3, 0.4) is 0 Å². The standard InChI is InChI=1S/C11H20N2O5S/c1-2-19(17,18)6-5-12-11(16)13-9(7-10(14)15)8-3-4-8/h8-9H,2-7H2,1H3,(H,14,15)(H2,12,13,16). The molecule has 1 unspecified atom stereocenters. The molecule has 0 aromatic rings. The number of rotatable bonds is 8. The van der Waals surface area contributed by atoms with Crippen molar-refractivity contribution in [1.82, 2.24) is 10.6 Å². The van der Waals surface area contributed by atoms with E-state index in [1.807, 2.05) is 0 Å². The molecule has 3 N–H and O–H groups in total. The average molecular weight is 292 g/mol. The maximum absolute atomic E-state index is 11.5.